The molecule has 1 unspecified atom stereocenters. The summed E-state index contributed by atoms with van der Waals surface area (Å²) in [6, 6.07) is 1.75. The van der Waals surface area contributed by atoms with Gasteiger partial charge in [0.25, 0.3) is 0 Å². The second-order valence-corrected chi connectivity index (χ2v) is 4.64. The molecule has 3 nitrogen and oxygen atoms in total. The second kappa shape index (κ2) is 4.55. The van der Waals surface area contributed by atoms with Crippen molar-refractivity contribution < 1.29 is 9.53 Å². The van der Waals surface area contributed by atoms with Crippen molar-refractivity contribution in [1.29, 1.82) is 0 Å². The third kappa shape index (κ3) is 2.43. The number of thiazole rings is 1. The molecule has 0 aromatic carbocycles. The summed E-state index contributed by atoms with van der Waals surface area (Å²) >= 11 is 2.96. The van der Waals surface area contributed by atoms with Crippen LogP contribution in [0.1, 0.15) is 28.4 Å². The Hall–Kier alpha value is -1.20. The van der Waals surface area contributed by atoms with E-state index in [1.54, 1.807) is 17.6 Å². The van der Waals surface area contributed by atoms with Gasteiger partial charge >= 0.3 is 5.97 Å². The number of esters is 1. The first-order valence-electron chi connectivity index (χ1n) is 4.40. The Balaban J connectivity index is 2.01. The van der Waals surface area contributed by atoms with Crippen LogP contribution in [0.4, 0.5) is 0 Å². The molecule has 0 aliphatic carbocycles. The van der Waals surface area contributed by atoms with Crippen LogP contribution in [-0.2, 0) is 4.74 Å². The topological polar surface area (TPSA) is 39.2 Å². The van der Waals surface area contributed by atoms with Gasteiger partial charge in [0, 0.05) is 17.0 Å². The van der Waals surface area contributed by atoms with E-state index in [2.05, 4.69) is 4.98 Å². The highest BCUT2D eigenvalue weighted by molar-refractivity contribution is 7.09. The van der Waals surface area contributed by atoms with E-state index < -0.39 is 0 Å². The molecule has 0 aliphatic heterocycles. The molecule has 2 heterocycles. The largest absolute Gasteiger partial charge is 0.452 e. The van der Waals surface area contributed by atoms with Gasteiger partial charge in [-0.25, -0.2) is 9.78 Å². The van der Waals surface area contributed by atoms with Crippen LogP contribution >= 0.6 is 22.7 Å². The van der Waals surface area contributed by atoms with Gasteiger partial charge in [-0.2, -0.15) is 11.3 Å². The van der Waals surface area contributed by atoms with E-state index in [-0.39, 0.29) is 12.1 Å². The summed E-state index contributed by atoms with van der Waals surface area (Å²) in [5, 5.41) is 6.31. The molecule has 5 heteroatoms. The third-order valence-corrected chi connectivity index (χ3v) is 3.46. The van der Waals surface area contributed by atoms with E-state index in [1.807, 2.05) is 17.7 Å². The Morgan fingerprint density at radius 1 is 1.53 bits per heavy atom. The van der Waals surface area contributed by atoms with E-state index in [0.717, 1.165) is 5.01 Å². The molecule has 0 aliphatic rings. The van der Waals surface area contributed by atoms with Crippen molar-refractivity contribution in [3.05, 3.63) is 39.0 Å². The Labute approximate surface area is 95.4 Å². The van der Waals surface area contributed by atoms with Crippen molar-refractivity contribution in [3.63, 3.8) is 0 Å². The normalized spacial score (nSPS) is 12.3. The molecule has 78 valence electrons. The SMILES string of the molecule is CC(OC(=O)c1ccsc1)c1nccs1. The number of hydrogen-bond acceptors (Lipinski definition) is 5. The summed E-state index contributed by atoms with van der Waals surface area (Å²) in [7, 11) is 0. The van der Waals surface area contributed by atoms with Crippen LogP contribution in [0, 0.1) is 0 Å². The maximum atomic E-state index is 11.6. The summed E-state index contributed by atoms with van der Waals surface area (Å²) in [5.74, 6) is -0.293. The Kier molecular flexibility index (Phi) is 3.13. The smallest absolute Gasteiger partial charge is 0.339 e. The van der Waals surface area contributed by atoms with Gasteiger partial charge in [-0.3, -0.25) is 0 Å². The number of nitrogens with zero attached hydrogens (tertiary/aromatic N) is 1. The predicted molar refractivity (Wildman–Crippen MR) is 60.3 cm³/mol. The summed E-state index contributed by atoms with van der Waals surface area (Å²) in [5.41, 5.74) is 0.600. The van der Waals surface area contributed by atoms with Crippen LogP contribution < -0.4 is 0 Å². The van der Waals surface area contributed by atoms with Crippen molar-refractivity contribution in [1.82, 2.24) is 4.98 Å². The van der Waals surface area contributed by atoms with Gasteiger partial charge in [-0.15, -0.1) is 11.3 Å². The van der Waals surface area contributed by atoms with Gasteiger partial charge in [-0.1, -0.05) is 0 Å². The number of ether oxygens (including phenoxy) is 1. The molecule has 0 spiro atoms. The average Bonchev–Trinajstić information content (AvgIpc) is 2.91. The Morgan fingerprint density at radius 2 is 2.40 bits per heavy atom. The van der Waals surface area contributed by atoms with Gasteiger partial charge < -0.3 is 4.74 Å². The summed E-state index contributed by atoms with van der Waals surface area (Å²) in [6.45, 7) is 1.82. The lowest BCUT2D eigenvalue weighted by Gasteiger charge is -2.09. The highest BCUT2D eigenvalue weighted by Crippen LogP contribution is 2.20. The maximum absolute atomic E-state index is 11.6. The van der Waals surface area contributed by atoms with Crippen LogP contribution in [0.15, 0.2) is 28.4 Å². The minimum absolute atomic E-state index is 0.280. The third-order valence-electron chi connectivity index (χ3n) is 1.84. The monoisotopic (exact) mass is 239 g/mol. The summed E-state index contributed by atoms with van der Waals surface area (Å²) in [4.78, 5) is 15.7. The first-order chi connectivity index (χ1) is 7.27. The molecule has 2 aromatic heterocycles. The molecule has 0 radical (unpaired) electrons. The number of hydrogen-bond donors (Lipinski definition) is 0. The van der Waals surface area contributed by atoms with Crippen LogP contribution in [0.25, 0.3) is 0 Å². The zero-order valence-electron chi connectivity index (χ0n) is 8.04. The fourth-order valence-electron chi connectivity index (χ4n) is 1.09. The van der Waals surface area contributed by atoms with Gasteiger partial charge in [0.15, 0.2) is 6.10 Å². The number of thiophene rings is 1. The molecular formula is C10H9NO2S2. The highest BCUT2D eigenvalue weighted by Gasteiger charge is 2.15. The lowest BCUT2D eigenvalue weighted by Crippen LogP contribution is -2.07. The zero-order valence-corrected chi connectivity index (χ0v) is 9.68. The Morgan fingerprint density at radius 3 is 3.00 bits per heavy atom. The van der Waals surface area contributed by atoms with Crippen LogP contribution in [-0.4, -0.2) is 11.0 Å². The van der Waals surface area contributed by atoms with Crippen molar-refractivity contribution in [3.8, 4) is 0 Å². The van der Waals surface area contributed by atoms with E-state index in [0.29, 0.717) is 5.56 Å². The fourth-order valence-corrected chi connectivity index (χ4v) is 2.34. The lowest BCUT2D eigenvalue weighted by molar-refractivity contribution is 0.0338. The molecule has 1 atom stereocenters. The summed E-state index contributed by atoms with van der Waals surface area (Å²) < 4.78 is 5.25. The van der Waals surface area contributed by atoms with Gasteiger partial charge in [0.1, 0.15) is 5.01 Å². The van der Waals surface area contributed by atoms with Crippen LogP contribution in [0.3, 0.4) is 0 Å². The minimum Gasteiger partial charge on any atom is -0.452 e. The summed E-state index contributed by atoms with van der Waals surface area (Å²) in [6.07, 6.45) is 1.42. The first-order valence-corrected chi connectivity index (χ1v) is 6.22. The molecule has 15 heavy (non-hydrogen) atoms. The molecule has 0 saturated carbocycles. The number of carbonyl (C=O) groups excluding carboxylic acids is 1. The average molecular weight is 239 g/mol. The van der Waals surface area contributed by atoms with E-state index in [9.17, 15) is 4.79 Å². The van der Waals surface area contributed by atoms with Gasteiger partial charge in [-0.05, 0) is 18.4 Å². The number of rotatable bonds is 3. The van der Waals surface area contributed by atoms with E-state index in [1.165, 1.54) is 22.7 Å². The molecule has 0 fully saturated rings. The van der Waals surface area contributed by atoms with Gasteiger partial charge in [0.05, 0.1) is 5.56 Å². The maximum Gasteiger partial charge on any atom is 0.339 e. The predicted octanol–water partition coefficient (Wildman–Crippen LogP) is 3.12. The molecule has 2 rings (SSSR count). The van der Waals surface area contributed by atoms with Crippen LogP contribution in [0.5, 0.6) is 0 Å². The Bertz CT molecular complexity index is 422. The highest BCUT2D eigenvalue weighted by atomic mass is 32.1. The molecule has 0 N–H and O–H groups in total. The number of carbonyl (C=O) groups is 1. The van der Waals surface area contributed by atoms with Gasteiger partial charge in [0.2, 0.25) is 0 Å². The second-order valence-electron chi connectivity index (χ2n) is 2.93. The van der Waals surface area contributed by atoms with Crippen LogP contribution in [0.2, 0.25) is 0 Å². The molecule has 2 aromatic rings. The zero-order chi connectivity index (χ0) is 10.7. The van der Waals surface area contributed by atoms with Crippen molar-refractivity contribution in [2.75, 3.05) is 0 Å². The number of aromatic nitrogens is 1. The van der Waals surface area contributed by atoms with E-state index >= 15 is 0 Å². The molecular weight excluding hydrogens is 230 g/mol. The first kappa shape index (κ1) is 10.3. The lowest BCUT2D eigenvalue weighted by atomic mass is 10.3. The quantitative estimate of drug-likeness (QED) is 0.772. The standard InChI is InChI=1S/C10H9NO2S2/c1-7(9-11-3-5-15-9)13-10(12)8-2-4-14-6-8/h2-7H,1H3. The molecule has 0 amide bonds. The van der Waals surface area contributed by atoms with Crippen molar-refractivity contribution in [2.45, 2.75) is 13.0 Å². The van der Waals surface area contributed by atoms with Crippen molar-refractivity contribution in [2.24, 2.45) is 0 Å². The minimum atomic E-state index is -0.293. The molecule has 0 saturated heterocycles. The van der Waals surface area contributed by atoms with Crippen molar-refractivity contribution >= 4 is 28.6 Å². The van der Waals surface area contributed by atoms with E-state index in [4.69, 9.17) is 4.74 Å². The fraction of sp³-hybridized carbons (Fsp3) is 0.200. The molecule has 0 bridgehead atoms.